The molecule has 2 rings (SSSR count). The second-order valence-corrected chi connectivity index (χ2v) is 26.0. The van der Waals surface area contributed by atoms with Crippen LogP contribution >= 0.6 is 22.7 Å². The van der Waals surface area contributed by atoms with E-state index in [1.165, 1.54) is 103 Å². The van der Waals surface area contributed by atoms with Crippen LogP contribution in [-0.2, 0) is 69.9 Å². The molecule has 2 radical (unpaired) electrons. The minimum atomic E-state index is -6.86. The van der Waals surface area contributed by atoms with Crippen LogP contribution in [0.25, 0.3) is 10.4 Å². The number of rotatable bonds is 48. The quantitative estimate of drug-likeness (QED) is 0.00628. The van der Waals surface area contributed by atoms with Gasteiger partial charge in [0.05, 0.1) is 38.2 Å². The number of nitrogens with one attached hydrogen (secondary N) is 1. The molecule has 0 amide bonds. The van der Waals surface area contributed by atoms with E-state index < -0.39 is 127 Å². The lowest BCUT2D eigenvalue weighted by Crippen LogP contribution is -2.33. The van der Waals surface area contributed by atoms with Gasteiger partial charge >= 0.3 is 50.2 Å². The number of esters is 4. The minimum Gasteiger partial charge on any atom is -0.463 e. The molecule has 1 aromatic heterocycles. The molecule has 1 aliphatic rings. The van der Waals surface area contributed by atoms with Crippen LogP contribution in [0.3, 0.4) is 0 Å². The van der Waals surface area contributed by atoms with Gasteiger partial charge in [0.25, 0.3) is 19.3 Å². The number of aromatic nitrogens is 2. The van der Waals surface area contributed by atoms with E-state index in [0.29, 0.717) is 12.8 Å². The molecule has 462 valence electrons. The summed E-state index contributed by atoms with van der Waals surface area (Å²) in [5, 5.41) is -2.27. The van der Waals surface area contributed by atoms with Gasteiger partial charge in [-0.3, -0.25) is 47.2 Å². The highest BCUT2D eigenvalue weighted by Crippen LogP contribution is 2.79. The Balaban J connectivity index is 1.85. The number of carbonyl (C=O) groups excluding carboxylic acids is 4. The van der Waals surface area contributed by atoms with Crippen LogP contribution in [-0.4, -0.2) is 101 Å². The van der Waals surface area contributed by atoms with E-state index in [1.54, 1.807) is 0 Å². The van der Waals surface area contributed by atoms with Gasteiger partial charge in [0.2, 0.25) is 7.57 Å². The number of aryl methyl sites for hydroxylation is 1. The third-order valence-corrected chi connectivity index (χ3v) is 18.9. The molecular weight excluding hydrogens is 1130 g/mol. The molecule has 81 heavy (non-hydrogen) atoms. The first-order valence-corrected chi connectivity index (χ1v) is 33.4. The van der Waals surface area contributed by atoms with E-state index in [2.05, 4.69) is 32.7 Å². The highest BCUT2D eigenvalue weighted by Gasteiger charge is 2.68. The van der Waals surface area contributed by atoms with Crippen molar-refractivity contribution < 1.29 is 88.5 Å². The highest BCUT2D eigenvalue weighted by atomic mass is 31.3. The Bertz CT molecular complexity index is 2360. The molecule has 1 fully saturated rings. The number of azide groups is 1. The van der Waals surface area contributed by atoms with Crippen LogP contribution in [0.15, 0.2) is 20.9 Å². The zero-order chi connectivity index (χ0) is 60.2. The fourth-order valence-electron chi connectivity index (χ4n) is 8.57. The Morgan fingerprint density at radius 3 is 1.65 bits per heavy atom. The van der Waals surface area contributed by atoms with Gasteiger partial charge in [0.15, 0.2) is 6.61 Å². The van der Waals surface area contributed by atoms with Crippen molar-refractivity contribution in [1.29, 1.82) is 0 Å². The maximum Gasteiger partial charge on any atom is 0.444 e. The number of hydrogen-bond donors (Lipinski definition) is 3. The van der Waals surface area contributed by atoms with Crippen LogP contribution in [0.4, 0.5) is 8.78 Å². The van der Waals surface area contributed by atoms with Gasteiger partial charge < -0.3 is 42.5 Å². The lowest BCUT2D eigenvalue weighted by atomic mass is 10.0. The van der Waals surface area contributed by atoms with Crippen molar-refractivity contribution in [3.8, 4) is 0 Å². The zero-order valence-corrected chi connectivity index (χ0v) is 50.1. The Kier molecular flexibility index (Phi) is 36.7. The van der Waals surface area contributed by atoms with Gasteiger partial charge in [-0.05, 0) is 25.3 Å². The number of halogens is 2. The van der Waals surface area contributed by atoms with Crippen molar-refractivity contribution in [2.45, 2.75) is 250 Å². The first-order chi connectivity index (χ1) is 38.5. The first kappa shape index (κ1) is 73.3. The van der Waals surface area contributed by atoms with E-state index in [9.17, 15) is 52.2 Å². The largest absolute Gasteiger partial charge is 0.463 e. The molecule has 1 aliphatic heterocycles. The normalized spacial score (nSPS) is 17.9. The van der Waals surface area contributed by atoms with Crippen molar-refractivity contribution >= 4 is 54.1 Å². The highest BCUT2D eigenvalue weighted by molar-refractivity contribution is 7.86. The molecule has 0 spiro atoms. The summed E-state index contributed by atoms with van der Waals surface area (Å²) >= 11 is 0. The predicted molar refractivity (Wildman–Crippen MR) is 296 cm³/mol. The lowest BCUT2D eigenvalue weighted by Gasteiger charge is -2.28. The zero-order valence-electron chi connectivity index (χ0n) is 47.4. The molecule has 30 heteroatoms. The number of carbonyl (C=O) groups is 4. The molecule has 24 nitrogen and oxygen atoms in total. The molecule has 4 unspecified atom stereocenters. The Labute approximate surface area is 475 Å². The van der Waals surface area contributed by atoms with Crippen LogP contribution in [0, 0.1) is 6.92 Å². The van der Waals surface area contributed by atoms with Gasteiger partial charge in [-0.15, -0.1) is 0 Å². The summed E-state index contributed by atoms with van der Waals surface area (Å²) in [6.45, 7) is 1.82. The van der Waals surface area contributed by atoms with E-state index in [4.69, 9.17) is 41.3 Å². The predicted octanol–water partition coefficient (Wildman–Crippen LogP) is 12.3. The molecule has 0 bridgehead atoms. The van der Waals surface area contributed by atoms with Gasteiger partial charge in [0, 0.05) is 35.9 Å². The summed E-state index contributed by atoms with van der Waals surface area (Å²) in [5.41, 5.74) is 7.46. The van der Waals surface area contributed by atoms with Crippen molar-refractivity contribution in [1.82, 2.24) is 9.55 Å². The molecule has 3 N–H and O–H groups in total. The van der Waals surface area contributed by atoms with E-state index in [1.807, 2.05) is 4.98 Å². The fraction of sp³-hybridized carbons (Fsp3) is 0.843. The molecule has 0 aromatic carbocycles. The monoisotopic (exact) mass is 1220 g/mol. The second-order valence-electron chi connectivity index (χ2n) is 20.2. The first-order valence-electron chi connectivity index (χ1n) is 28.6. The number of H-pyrrole nitrogens is 1. The SMILES string of the molecule is [B]P(=O)(OC[C@H]1O[C@@H](n2cc(C)c(=O)[nH]c2=O)C[C@H]1N=[N+]=[N-])OP(=O)(O)C(F)(F)P(=O)(O)OCCOC(=O)CCC(=O)OC(COC(=O)CCCCCCCCCCCCCCC)OC(=O)CCCCCCCCCCCCCCC. The average molecular weight is 1220 g/mol. The lowest BCUT2D eigenvalue weighted by molar-refractivity contribution is -0.200. The number of nitrogens with zero attached hydrogens (tertiary/aromatic N) is 4. The number of unbranched alkanes of at least 4 members (excludes halogenated alkanes) is 24. The summed E-state index contributed by atoms with van der Waals surface area (Å²) in [4.78, 5) is 99.5. The molecule has 1 aromatic rings. The maximum atomic E-state index is 15.1. The standard InChI is InChI=1S/C51H87BF2N5O19P3/c1-4-6-8-10-12-14-16-18-20-22-24-26-28-30-44(60)72-39-48(76-46(62)31-29-27-25-23-21-19-17-15-13-11-9-7-5-2)77-47(63)33-32-45(61)71-34-35-73-79(66,67)51(53,54)80(68,69)78-81(52,70)74-38-42-41(57-58-55)36-43(75-42)59-37-40(3)49(64)56-50(59)65/h37,41-43,48H,4-36,38-39H2,1-3H3,(H,66,67)(H,68,69)(H,56,64,65)/t41-,42-,43-,48?,81?/m1/s1. The van der Waals surface area contributed by atoms with E-state index in [-0.39, 0.29) is 24.8 Å². The van der Waals surface area contributed by atoms with Crippen LogP contribution in [0.1, 0.15) is 225 Å². The second kappa shape index (κ2) is 40.5. The van der Waals surface area contributed by atoms with Crippen LogP contribution in [0.2, 0.25) is 0 Å². The number of ether oxygens (including phenoxy) is 5. The smallest absolute Gasteiger partial charge is 0.444 e. The molecule has 0 saturated carbocycles. The molecule has 7 atom stereocenters. The average Bonchev–Trinajstić information content (AvgIpc) is 3.81. The Hall–Kier alpha value is -3.76. The van der Waals surface area contributed by atoms with Gasteiger partial charge in [-0.2, -0.15) is 8.78 Å². The summed E-state index contributed by atoms with van der Waals surface area (Å²) in [7, 11) is -13.7. The topological polar surface area (TPSA) is 337 Å². The maximum absolute atomic E-state index is 15.1. The Morgan fingerprint density at radius 1 is 0.716 bits per heavy atom. The number of alkyl halides is 2. The van der Waals surface area contributed by atoms with Gasteiger partial charge in [-0.25, -0.2) is 9.11 Å². The Morgan fingerprint density at radius 2 is 1.16 bits per heavy atom. The molecular formula is C51H87BF2N5O19P3. The summed E-state index contributed by atoms with van der Waals surface area (Å²) in [6, 6.07) is -1.20. The molecule has 1 saturated heterocycles. The van der Waals surface area contributed by atoms with E-state index in [0.717, 1.165) is 68.6 Å². The molecule has 0 aliphatic carbocycles. The van der Waals surface area contributed by atoms with E-state index >= 15 is 8.78 Å². The minimum absolute atomic E-state index is 0.0111. The molecule has 2 heterocycles. The van der Waals surface area contributed by atoms with Crippen molar-refractivity contribution in [3.05, 3.63) is 43.0 Å². The third kappa shape index (κ3) is 30.6. The number of aromatic amines is 1. The van der Waals surface area contributed by atoms with Crippen LogP contribution < -0.4 is 11.2 Å². The summed E-state index contributed by atoms with van der Waals surface area (Å²) in [6.07, 6.45) is 24.2. The van der Waals surface area contributed by atoms with Crippen molar-refractivity contribution in [2.75, 3.05) is 26.4 Å². The van der Waals surface area contributed by atoms with Crippen molar-refractivity contribution in [2.24, 2.45) is 5.11 Å². The third-order valence-electron chi connectivity index (χ3n) is 13.2. The van der Waals surface area contributed by atoms with Gasteiger partial charge in [-0.1, -0.05) is 173 Å². The van der Waals surface area contributed by atoms with Gasteiger partial charge in [0.1, 0.15) is 12.8 Å². The van der Waals surface area contributed by atoms with Crippen LogP contribution in [0.5, 0.6) is 0 Å². The summed E-state index contributed by atoms with van der Waals surface area (Å²) < 4.78 is 108. The number of hydrogen-bond acceptors (Lipinski definition) is 18. The summed E-state index contributed by atoms with van der Waals surface area (Å²) in [5.74, 6) is -3.54. The fourth-order valence-corrected chi connectivity index (χ4v) is 13.0. The van der Waals surface area contributed by atoms with Crippen molar-refractivity contribution in [3.63, 3.8) is 0 Å².